The Morgan fingerprint density at radius 3 is 2.62 bits per heavy atom. The molecule has 0 radical (unpaired) electrons. The summed E-state index contributed by atoms with van der Waals surface area (Å²) in [6, 6.07) is 0.364. The van der Waals surface area contributed by atoms with Crippen molar-refractivity contribution in [2.45, 2.75) is 52.1 Å². The van der Waals surface area contributed by atoms with Gasteiger partial charge in [0.15, 0.2) is 5.65 Å². The van der Waals surface area contributed by atoms with Crippen LogP contribution in [0.2, 0.25) is 0 Å². The van der Waals surface area contributed by atoms with Crippen LogP contribution < -0.4 is 0 Å². The molecule has 1 unspecified atom stereocenters. The van der Waals surface area contributed by atoms with Crippen LogP contribution >= 0.6 is 11.6 Å². The molecule has 0 spiro atoms. The summed E-state index contributed by atoms with van der Waals surface area (Å²) >= 11 is 6.14. The summed E-state index contributed by atoms with van der Waals surface area (Å²) in [7, 11) is 0. The normalized spacial score (nSPS) is 17.9. The van der Waals surface area contributed by atoms with Gasteiger partial charge in [-0.25, -0.2) is 9.67 Å². The smallest absolute Gasteiger partial charge is 0.159 e. The zero-order valence-corrected chi connectivity index (χ0v) is 13.9. The van der Waals surface area contributed by atoms with E-state index in [1.165, 1.54) is 25.9 Å². The summed E-state index contributed by atoms with van der Waals surface area (Å²) in [5.41, 5.74) is 3.11. The second-order valence-corrected chi connectivity index (χ2v) is 6.23. The van der Waals surface area contributed by atoms with Gasteiger partial charge in [0.2, 0.25) is 0 Å². The second kappa shape index (κ2) is 5.97. The van der Waals surface area contributed by atoms with E-state index < -0.39 is 0 Å². The van der Waals surface area contributed by atoms with Crippen LogP contribution in [0.3, 0.4) is 0 Å². The first-order chi connectivity index (χ1) is 10.2. The molecule has 5 nitrogen and oxygen atoms in total. The zero-order valence-electron chi connectivity index (χ0n) is 13.1. The molecule has 1 atom stereocenters. The van der Waals surface area contributed by atoms with Crippen LogP contribution in [-0.4, -0.2) is 43.9 Å². The molecule has 0 aliphatic carbocycles. The number of aromatic nitrogens is 4. The molecule has 21 heavy (non-hydrogen) atoms. The minimum Gasteiger partial charge on any atom is -0.308 e. The highest BCUT2D eigenvalue weighted by Crippen LogP contribution is 2.26. The molecule has 0 saturated carbocycles. The minimum atomic E-state index is 0.364. The Kier molecular flexibility index (Phi) is 4.22. The van der Waals surface area contributed by atoms with Gasteiger partial charge in [-0.3, -0.25) is 0 Å². The summed E-state index contributed by atoms with van der Waals surface area (Å²) in [6.07, 6.45) is 2.64. The highest BCUT2D eigenvalue weighted by molar-refractivity contribution is 6.16. The summed E-state index contributed by atoms with van der Waals surface area (Å²) in [4.78, 5) is 7.26. The quantitative estimate of drug-likeness (QED) is 0.797. The first-order valence-corrected chi connectivity index (χ1v) is 8.41. The molecular formula is C15H24ClN5. The van der Waals surface area contributed by atoms with E-state index in [0.29, 0.717) is 11.9 Å². The van der Waals surface area contributed by atoms with Crippen molar-refractivity contribution in [3.63, 3.8) is 0 Å². The van der Waals surface area contributed by atoms with Gasteiger partial charge in [-0.05, 0) is 46.7 Å². The third-order valence-corrected chi connectivity index (χ3v) is 4.64. The summed E-state index contributed by atoms with van der Waals surface area (Å²) < 4.78 is 4.35. The Labute approximate surface area is 130 Å². The second-order valence-electron chi connectivity index (χ2n) is 5.96. The molecule has 2 aromatic rings. The molecule has 1 aliphatic rings. The van der Waals surface area contributed by atoms with Gasteiger partial charge >= 0.3 is 0 Å². The molecule has 0 aromatic carbocycles. The van der Waals surface area contributed by atoms with Crippen LogP contribution in [0.25, 0.3) is 11.2 Å². The first-order valence-electron chi connectivity index (χ1n) is 7.88. The molecule has 0 N–H and O–H groups in total. The Morgan fingerprint density at radius 2 is 2.00 bits per heavy atom. The molecule has 1 fully saturated rings. The minimum absolute atomic E-state index is 0.364. The van der Waals surface area contributed by atoms with E-state index in [9.17, 15) is 0 Å². The Bertz CT molecular complexity index is 624. The number of imidazole rings is 1. The molecule has 0 bridgehead atoms. The van der Waals surface area contributed by atoms with E-state index >= 15 is 0 Å². The highest BCUT2D eigenvalue weighted by Gasteiger charge is 2.23. The highest BCUT2D eigenvalue weighted by atomic mass is 35.5. The third-order valence-electron chi connectivity index (χ3n) is 4.40. The summed E-state index contributed by atoms with van der Waals surface area (Å²) in [5.74, 6) is 1.41. The number of nitrogens with zero attached hydrogens (tertiary/aromatic N) is 5. The van der Waals surface area contributed by atoms with Crippen molar-refractivity contribution in [2.75, 3.05) is 19.6 Å². The maximum atomic E-state index is 6.14. The maximum Gasteiger partial charge on any atom is 0.159 e. The van der Waals surface area contributed by atoms with E-state index in [1.54, 1.807) is 0 Å². The number of likely N-dealkylation sites (tertiary alicyclic amines) is 1. The first kappa shape index (κ1) is 14.9. The summed E-state index contributed by atoms with van der Waals surface area (Å²) in [6.45, 7) is 10.7. The van der Waals surface area contributed by atoms with Gasteiger partial charge in [-0.15, -0.1) is 11.6 Å². The van der Waals surface area contributed by atoms with Crippen LogP contribution in [0.5, 0.6) is 0 Å². The lowest BCUT2D eigenvalue weighted by Crippen LogP contribution is -2.28. The van der Waals surface area contributed by atoms with E-state index in [1.807, 2.05) is 11.6 Å². The summed E-state index contributed by atoms with van der Waals surface area (Å²) in [5, 5.41) is 4.60. The predicted octanol–water partition coefficient (Wildman–Crippen LogP) is 2.96. The number of hydrogen-bond acceptors (Lipinski definition) is 3. The van der Waals surface area contributed by atoms with Crippen molar-refractivity contribution in [1.82, 2.24) is 24.2 Å². The lowest BCUT2D eigenvalue weighted by molar-refractivity contribution is 0.287. The van der Waals surface area contributed by atoms with Crippen molar-refractivity contribution in [3.05, 3.63) is 11.5 Å². The standard InChI is InChI=1S/C15H24ClN5/c1-4-20-15-14(12(3)18-20)17-13(9-16)21(15)11(2)10-19-7-5-6-8-19/h11H,4-10H2,1-3H3. The fourth-order valence-corrected chi connectivity index (χ4v) is 3.62. The van der Waals surface area contributed by atoms with Crippen LogP contribution in [-0.2, 0) is 12.4 Å². The van der Waals surface area contributed by atoms with Gasteiger partial charge < -0.3 is 9.47 Å². The van der Waals surface area contributed by atoms with Crippen molar-refractivity contribution in [3.8, 4) is 0 Å². The third kappa shape index (κ3) is 2.57. The average molecular weight is 310 g/mol. The molecule has 2 aromatic heterocycles. The van der Waals surface area contributed by atoms with Gasteiger partial charge in [-0.2, -0.15) is 5.10 Å². The molecule has 3 heterocycles. The SMILES string of the molecule is CCn1nc(C)c2nc(CCl)n(C(C)CN3CCCC3)c21. The largest absolute Gasteiger partial charge is 0.308 e. The van der Waals surface area contributed by atoms with Gasteiger partial charge in [-0.1, -0.05) is 0 Å². The predicted molar refractivity (Wildman–Crippen MR) is 85.9 cm³/mol. The molecule has 1 aliphatic heterocycles. The molecule has 1 saturated heterocycles. The number of alkyl halides is 1. The zero-order chi connectivity index (χ0) is 15.0. The lowest BCUT2D eigenvalue weighted by atomic mass is 10.3. The van der Waals surface area contributed by atoms with E-state index in [2.05, 4.69) is 28.4 Å². The van der Waals surface area contributed by atoms with Crippen LogP contribution in [0.4, 0.5) is 0 Å². The molecular weight excluding hydrogens is 286 g/mol. The molecule has 3 rings (SSSR count). The number of halogens is 1. The number of rotatable bonds is 5. The van der Waals surface area contributed by atoms with Gasteiger partial charge in [0.05, 0.1) is 11.6 Å². The van der Waals surface area contributed by atoms with Crippen molar-refractivity contribution < 1.29 is 0 Å². The van der Waals surface area contributed by atoms with Crippen molar-refractivity contribution in [2.24, 2.45) is 0 Å². The Hall–Kier alpha value is -1.07. The van der Waals surface area contributed by atoms with Crippen LogP contribution in [0.15, 0.2) is 0 Å². The van der Waals surface area contributed by atoms with E-state index in [4.69, 9.17) is 16.6 Å². The van der Waals surface area contributed by atoms with Gasteiger partial charge in [0.25, 0.3) is 0 Å². The Morgan fingerprint density at radius 1 is 1.29 bits per heavy atom. The maximum absolute atomic E-state index is 6.14. The fourth-order valence-electron chi connectivity index (χ4n) is 3.43. The monoisotopic (exact) mass is 309 g/mol. The molecule has 116 valence electrons. The molecule has 0 amide bonds. The number of fused-ring (bicyclic) bond motifs is 1. The number of aryl methyl sites for hydroxylation is 2. The van der Waals surface area contributed by atoms with Crippen molar-refractivity contribution >= 4 is 22.8 Å². The van der Waals surface area contributed by atoms with Gasteiger partial charge in [0.1, 0.15) is 11.3 Å². The average Bonchev–Trinajstić information content (AvgIpc) is 3.15. The van der Waals surface area contributed by atoms with Crippen LogP contribution in [0.1, 0.15) is 44.2 Å². The van der Waals surface area contributed by atoms with E-state index in [-0.39, 0.29) is 0 Å². The topological polar surface area (TPSA) is 38.9 Å². The lowest BCUT2D eigenvalue weighted by Gasteiger charge is -2.23. The Balaban J connectivity index is 2.01. The fraction of sp³-hybridized carbons (Fsp3) is 0.733. The van der Waals surface area contributed by atoms with Crippen LogP contribution in [0, 0.1) is 6.92 Å². The van der Waals surface area contributed by atoms with Gasteiger partial charge in [0, 0.05) is 19.1 Å². The molecule has 6 heteroatoms. The van der Waals surface area contributed by atoms with Crippen molar-refractivity contribution in [1.29, 1.82) is 0 Å². The number of hydrogen-bond donors (Lipinski definition) is 0. The van der Waals surface area contributed by atoms with E-state index in [0.717, 1.165) is 35.8 Å².